The molecule has 0 bridgehead atoms. The smallest absolute Gasteiger partial charge is 0.203 e. The lowest BCUT2D eigenvalue weighted by atomic mass is 9.88. The summed E-state index contributed by atoms with van der Waals surface area (Å²) in [5.41, 5.74) is 1.13. The molecule has 17 heavy (non-hydrogen) atoms. The zero-order valence-electron chi connectivity index (χ0n) is 10.4. The molecule has 1 aromatic heterocycles. The number of rotatable bonds is 1. The number of halogens is 1. The highest BCUT2D eigenvalue weighted by Crippen LogP contribution is 2.31. The van der Waals surface area contributed by atoms with Crippen LogP contribution >= 0.6 is 11.6 Å². The van der Waals surface area contributed by atoms with Crippen LogP contribution < -0.4 is 0 Å². The Kier molecular flexibility index (Phi) is 2.78. The van der Waals surface area contributed by atoms with E-state index in [1.54, 1.807) is 12.1 Å². The molecule has 2 aromatic rings. The van der Waals surface area contributed by atoms with Crippen molar-refractivity contribution in [1.29, 1.82) is 0 Å². The van der Waals surface area contributed by atoms with Crippen molar-refractivity contribution in [1.82, 2.24) is 0 Å². The average molecular weight is 251 g/mol. The van der Waals surface area contributed by atoms with Crippen LogP contribution in [0, 0.1) is 12.3 Å². The molecular weight excluding hydrogens is 236 g/mol. The van der Waals surface area contributed by atoms with E-state index in [-0.39, 0.29) is 5.78 Å². The SMILES string of the molecule is Cc1c(C(=O)C(C)(C)C)oc2ccc(Cl)cc12. The van der Waals surface area contributed by atoms with Crippen molar-refractivity contribution in [2.24, 2.45) is 5.41 Å². The van der Waals surface area contributed by atoms with Gasteiger partial charge in [-0.25, -0.2) is 0 Å². The van der Waals surface area contributed by atoms with Gasteiger partial charge in [-0.15, -0.1) is 0 Å². The van der Waals surface area contributed by atoms with E-state index < -0.39 is 5.41 Å². The van der Waals surface area contributed by atoms with E-state index in [9.17, 15) is 4.79 Å². The van der Waals surface area contributed by atoms with Gasteiger partial charge in [0.25, 0.3) is 0 Å². The number of benzene rings is 1. The van der Waals surface area contributed by atoms with Crippen LogP contribution in [0.3, 0.4) is 0 Å². The van der Waals surface area contributed by atoms with Crippen molar-refractivity contribution in [2.45, 2.75) is 27.7 Å². The van der Waals surface area contributed by atoms with E-state index in [1.165, 1.54) is 0 Å². The summed E-state index contributed by atoms with van der Waals surface area (Å²) in [6, 6.07) is 5.39. The molecule has 0 N–H and O–H groups in total. The minimum absolute atomic E-state index is 0.0160. The maximum absolute atomic E-state index is 12.2. The number of carbonyl (C=O) groups is 1. The highest BCUT2D eigenvalue weighted by atomic mass is 35.5. The maximum Gasteiger partial charge on any atom is 0.203 e. The number of fused-ring (bicyclic) bond motifs is 1. The predicted molar refractivity (Wildman–Crippen MR) is 69.7 cm³/mol. The molecular formula is C14H15ClO2. The number of hydrogen-bond acceptors (Lipinski definition) is 2. The molecule has 2 rings (SSSR count). The summed E-state index contributed by atoms with van der Waals surface area (Å²) in [6.45, 7) is 7.54. The number of furan rings is 1. The Balaban J connectivity index is 2.65. The fourth-order valence-corrected chi connectivity index (χ4v) is 1.92. The fourth-order valence-electron chi connectivity index (χ4n) is 1.75. The lowest BCUT2D eigenvalue weighted by Crippen LogP contribution is -2.20. The highest BCUT2D eigenvalue weighted by molar-refractivity contribution is 6.31. The second kappa shape index (κ2) is 3.88. The van der Waals surface area contributed by atoms with E-state index in [4.69, 9.17) is 16.0 Å². The van der Waals surface area contributed by atoms with Crippen molar-refractivity contribution in [3.63, 3.8) is 0 Å². The molecule has 0 atom stereocenters. The van der Waals surface area contributed by atoms with Crippen LogP contribution in [0.25, 0.3) is 11.0 Å². The fraction of sp³-hybridized carbons (Fsp3) is 0.357. The Morgan fingerprint density at radius 2 is 1.94 bits per heavy atom. The predicted octanol–water partition coefficient (Wildman–Crippen LogP) is 4.62. The van der Waals surface area contributed by atoms with Gasteiger partial charge >= 0.3 is 0 Å². The summed E-state index contributed by atoms with van der Waals surface area (Å²) in [4.78, 5) is 12.2. The van der Waals surface area contributed by atoms with Gasteiger partial charge in [0.1, 0.15) is 5.58 Å². The first-order valence-corrected chi connectivity index (χ1v) is 5.92. The maximum atomic E-state index is 12.2. The van der Waals surface area contributed by atoms with E-state index in [2.05, 4.69) is 0 Å². The first-order chi connectivity index (χ1) is 7.80. The minimum Gasteiger partial charge on any atom is -0.453 e. The van der Waals surface area contributed by atoms with Crippen LogP contribution in [0.2, 0.25) is 5.02 Å². The van der Waals surface area contributed by atoms with Gasteiger partial charge in [-0.3, -0.25) is 4.79 Å². The third-order valence-corrected chi connectivity index (χ3v) is 3.02. The molecule has 0 saturated carbocycles. The second-order valence-corrected chi connectivity index (χ2v) is 5.71. The summed E-state index contributed by atoms with van der Waals surface area (Å²) in [6.07, 6.45) is 0. The van der Waals surface area contributed by atoms with Gasteiger partial charge in [0, 0.05) is 21.4 Å². The van der Waals surface area contributed by atoms with E-state index >= 15 is 0 Å². The number of hydrogen-bond donors (Lipinski definition) is 0. The number of ketones is 1. The molecule has 3 heteroatoms. The largest absolute Gasteiger partial charge is 0.453 e. The first-order valence-electron chi connectivity index (χ1n) is 5.54. The molecule has 1 heterocycles. The lowest BCUT2D eigenvalue weighted by Gasteiger charge is -2.14. The molecule has 0 amide bonds. The van der Waals surface area contributed by atoms with E-state index in [0.717, 1.165) is 10.9 Å². The summed E-state index contributed by atoms with van der Waals surface area (Å²) >= 11 is 5.94. The van der Waals surface area contributed by atoms with Gasteiger partial charge < -0.3 is 4.42 Å². The molecule has 0 unspecified atom stereocenters. The topological polar surface area (TPSA) is 30.2 Å². The molecule has 2 nitrogen and oxygen atoms in total. The Morgan fingerprint density at radius 1 is 1.29 bits per heavy atom. The Labute approximate surface area is 106 Å². The van der Waals surface area contributed by atoms with E-state index in [1.807, 2.05) is 33.8 Å². The Hall–Kier alpha value is -1.28. The van der Waals surface area contributed by atoms with Crippen LogP contribution in [0.1, 0.15) is 36.9 Å². The number of carbonyl (C=O) groups excluding carboxylic acids is 1. The van der Waals surface area contributed by atoms with Crippen LogP contribution in [0.15, 0.2) is 22.6 Å². The second-order valence-electron chi connectivity index (χ2n) is 5.28. The molecule has 0 aliphatic rings. The summed E-state index contributed by atoms with van der Waals surface area (Å²) in [5, 5.41) is 1.56. The average Bonchev–Trinajstić information content (AvgIpc) is 2.54. The molecule has 0 aliphatic carbocycles. The third kappa shape index (κ3) is 2.09. The van der Waals surface area contributed by atoms with Crippen LogP contribution in [0.4, 0.5) is 0 Å². The molecule has 0 aliphatic heterocycles. The van der Waals surface area contributed by atoms with Crippen molar-refractivity contribution in [3.05, 3.63) is 34.5 Å². The lowest BCUT2D eigenvalue weighted by molar-refractivity contribution is 0.0830. The van der Waals surface area contributed by atoms with Crippen LogP contribution in [0.5, 0.6) is 0 Å². The van der Waals surface area contributed by atoms with Crippen molar-refractivity contribution < 1.29 is 9.21 Å². The standard InChI is InChI=1S/C14H15ClO2/c1-8-10-7-9(15)5-6-11(10)17-12(8)13(16)14(2,3)4/h5-7H,1-4H3. The van der Waals surface area contributed by atoms with Crippen LogP contribution in [-0.2, 0) is 0 Å². The third-order valence-electron chi connectivity index (χ3n) is 2.79. The van der Waals surface area contributed by atoms with Gasteiger partial charge in [-0.2, -0.15) is 0 Å². The van der Waals surface area contributed by atoms with Gasteiger partial charge in [0.15, 0.2) is 5.76 Å². The molecule has 0 spiro atoms. The monoisotopic (exact) mass is 250 g/mol. The molecule has 0 saturated heterocycles. The summed E-state index contributed by atoms with van der Waals surface area (Å²) in [5.74, 6) is 0.456. The molecule has 1 aromatic carbocycles. The number of Topliss-reactive ketones (excluding diaryl/α,β-unsaturated/α-hetero) is 1. The van der Waals surface area contributed by atoms with Gasteiger partial charge in [0.05, 0.1) is 0 Å². The zero-order chi connectivity index (χ0) is 12.8. The highest BCUT2D eigenvalue weighted by Gasteiger charge is 2.28. The summed E-state index contributed by atoms with van der Waals surface area (Å²) in [7, 11) is 0. The zero-order valence-corrected chi connectivity index (χ0v) is 11.2. The first kappa shape index (κ1) is 12.2. The van der Waals surface area contributed by atoms with Crippen LogP contribution in [-0.4, -0.2) is 5.78 Å². The normalized spacial score (nSPS) is 12.1. The van der Waals surface area contributed by atoms with Crippen molar-refractivity contribution in [3.8, 4) is 0 Å². The van der Waals surface area contributed by atoms with Gasteiger partial charge in [-0.1, -0.05) is 32.4 Å². The summed E-state index contributed by atoms with van der Waals surface area (Å²) < 4.78 is 5.63. The molecule has 0 fully saturated rings. The molecule has 0 radical (unpaired) electrons. The Bertz CT molecular complexity index is 588. The quantitative estimate of drug-likeness (QED) is 0.691. The van der Waals surface area contributed by atoms with Crippen molar-refractivity contribution in [2.75, 3.05) is 0 Å². The Morgan fingerprint density at radius 3 is 2.53 bits per heavy atom. The van der Waals surface area contributed by atoms with E-state index in [0.29, 0.717) is 16.4 Å². The molecule has 90 valence electrons. The number of aryl methyl sites for hydroxylation is 1. The van der Waals surface area contributed by atoms with Gasteiger partial charge in [-0.05, 0) is 25.1 Å². The van der Waals surface area contributed by atoms with Gasteiger partial charge in [0.2, 0.25) is 5.78 Å². The minimum atomic E-state index is -0.442. The van der Waals surface area contributed by atoms with Crippen molar-refractivity contribution >= 4 is 28.4 Å².